The lowest BCUT2D eigenvalue weighted by Crippen LogP contribution is -2.66. The second-order valence-corrected chi connectivity index (χ2v) is 15.1. The van der Waals surface area contributed by atoms with Gasteiger partial charge >= 0.3 is 0 Å². The average molecular weight is 461 g/mol. The maximum atomic E-state index is 11.4. The molecule has 190 valence electrons. The Hall–Kier alpha value is -0.120. The Morgan fingerprint density at radius 3 is 2.27 bits per heavy atom. The van der Waals surface area contributed by atoms with Crippen LogP contribution in [-0.4, -0.2) is 35.1 Å². The first-order chi connectivity index (χ1) is 15.3. The standard InChI is InChI=1S/C30H52O3/c1-19(2)21(31)10-12-27(5)22-9-8-20-24-25-26(3,4)14-16-30(24,18-33-25)17-15-28(20,6)29(22,7)13-11-23(27)32/h19-25,31-32H,8-18H2,1-7H3/t20-,21?,22-,23-,24-,25-,27-,28-,29-,30-/m1/s1. The highest BCUT2D eigenvalue weighted by Crippen LogP contribution is 2.76. The lowest BCUT2D eigenvalue weighted by molar-refractivity contribution is -0.236. The predicted octanol–water partition coefficient (Wildman–Crippen LogP) is 6.60. The lowest BCUT2D eigenvalue weighted by atomic mass is 9.34. The molecule has 33 heavy (non-hydrogen) atoms. The Balaban J connectivity index is 1.48. The van der Waals surface area contributed by atoms with Gasteiger partial charge in [-0.1, -0.05) is 48.5 Å². The molecule has 0 aromatic carbocycles. The predicted molar refractivity (Wildman–Crippen MR) is 134 cm³/mol. The van der Waals surface area contributed by atoms with E-state index in [1.54, 1.807) is 0 Å². The second-order valence-electron chi connectivity index (χ2n) is 15.1. The van der Waals surface area contributed by atoms with Gasteiger partial charge < -0.3 is 14.9 Å². The van der Waals surface area contributed by atoms with Gasteiger partial charge in [0.05, 0.1) is 24.9 Å². The Morgan fingerprint density at radius 1 is 0.879 bits per heavy atom. The Kier molecular flexibility index (Phi) is 5.72. The quantitative estimate of drug-likeness (QED) is 0.497. The summed E-state index contributed by atoms with van der Waals surface area (Å²) < 4.78 is 6.67. The van der Waals surface area contributed by atoms with Gasteiger partial charge in [0.25, 0.3) is 0 Å². The first-order valence-corrected chi connectivity index (χ1v) is 14.3. The van der Waals surface area contributed by atoms with Crippen LogP contribution in [0.5, 0.6) is 0 Å². The van der Waals surface area contributed by atoms with E-state index in [1.165, 1.54) is 38.5 Å². The minimum Gasteiger partial charge on any atom is -0.393 e. The molecular weight excluding hydrogens is 408 g/mol. The lowest BCUT2D eigenvalue weighted by Gasteiger charge is -2.71. The van der Waals surface area contributed by atoms with Crippen molar-refractivity contribution in [2.24, 2.45) is 50.7 Å². The summed E-state index contributed by atoms with van der Waals surface area (Å²) in [6.07, 6.45) is 11.6. The monoisotopic (exact) mass is 460 g/mol. The van der Waals surface area contributed by atoms with Gasteiger partial charge in [0, 0.05) is 0 Å². The minimum absolute atomic E-state index is 0.0900. The Morgan fingerprint density at radius 2 is 1.58 bits per heavy atom. The van der Waals surface area contributed by atoms with Gasteiger partial charge in [0.15, 0.2) is 0 Å². The van der Waals surface area contributed by atoms with Crippen molar-refractivity contribution in [2.45, 2.75) is 131 Å². The van der Waals surface area contributed by atoms with Crippen LogP contribution in [0.4, 0.5) is 0 Å². The number of hydrogen-bond donors (Lipinski definition) is 2. The number of rotatable bonds is 4. The summed E-state index contributed by atoms with van der Waals surface area (Å²) in [4.78, 5) is 0. The zero-order valence-corrected chi connectivity index (χ0v) is 22.6. The van der Waals surface area contributed by atoms with E-state index in [2.05, 4.69) is 48.5 Å². The first-order valence-electron chi connectivity index (χ1n) is 14.3. The number of ether oxygens (including phenoxy) is 1. The zero-order chi connectivity index (χ0) is 24.0. The molecule has 2 bridgehead atoms. The molecule has 1 saturated heterocycles. The molecule has 0 spiro atoms. The fraction of sp³-hybridized carbons (Fsp3) is 1.00. The molecule has 0 amide bonds. The molecule has 3 heteroatoms. The number of aliphatic hydroxyl groups excluding tert-OH is 2. The van der Waals surface area contributed by atoms with Crippen LogP contribution in [0.1, 0.15) is 113 Å². The summed E-state index contributed by atoms with van der Waals surface area (Å²) in [7, 11) is 0. The van der Waals surface area contributed by atoms with Crippen molar-refractivity contribution in [1.82, 2.24) is 0 Å². The van der Waals surface area contributed by atoms with Gasteiger partial charge in [-0.3, -0.25) is 0 Å². The normalized spacial score (nSPS) is 53.8. The summed E-state index contributed by atoms with van der Waals surface area (Å²) in [5.74, 6) is 2.30. The van der Waals surface area contributed by atoms with E-state index in [4.69, 9.17) is 4.74 Å². The minimum atomic E-state index is -0.263. The molecule has 5 rings (SSSR count). The molecule has 0 aromatic heterocycles. The van der Waals surface area contributed by atoms with Crippen LogP contribution in [0.2, 0.25) is 0 Å². The molecule has 5 fully saturated rings. The van der Waals surface area contributed by atoms with E-state index in [0.717, 1.165) is 44.1 Å². The molecule has 5 aliphatic rings. The van der Waals surface area contributed by atoms with Crippen molar-refractivity contribution < 1.29 is 14.9 Å². The van der Waals surface area contributed by atoms with E-state index in [0.29, 0.717) is 28.3 Å². The van der Waals surface area contributed by atoms with Crippen LogP contribution in [0.15, 0.2) is 0 Å². The average Bonchev–Trinajstić information content (AvgIpc) is 3.09. The summed E-state index contributed by atoms with van der Waals surface area (Å²) in [5.41, 5.74) is 1.22. The van der Waals surface area contributed by atoms with Crippen LogP contribution in [0.25, 0.3) is 0 Å². The molecule has 4 saturated carbocycles. The van der Waals surface area contributed by atoms with Crippen LogP contribution in [-0.2, 0) is 4.74 Å². The summed E-state index contributed by atoms with van der Waals surface area (Å²) in [6, 6.07) is 0. The fourth-order valence-corrected chi connectivity index (χ4v) is 10.5. The van der Waals surface area contributed by atoms with Crippen LogP contribution < -0.4 is 0 Å². The van der Waals surface area contributed by atoms with Crippen molar-refractivity contribution >= 4 is 0 Å². The van der Waals surface area contributed by atoms with Crippen molar-refractivity contribution in [3.8, 4) is 0 Å². The van der Waals surface area contributed by atoms with Crippen molar-refractivity contribution in [2.75, 3.05) is 6.61 Å². The highest BCUT2D eigenvalue weighted by molar-refractivity contribution is 5.19. The largest absolute Gasteiger partial charge is 0.393 e. The van der Waals surface area contributed by atoms with Crippen LogP contribution >= 0.6 is 0 Å². The fourth-order valence-electron chi connectivity index (χ4n) is 10.5. The van der Waals surface area contributed by atoms with Crippen LogP contribution in [0, 0.1) is 50.7 Å². The molecular formula is C30H52O3. The first kappa shape index (κ1) is 24.6. The van der Waals surface area contributed by atoms with Gasteiger partial charge in [-0.25, -0.2) is 0 Å². The molecule has 1 unspecified atom stereocenters. The third-order valence-corrected chi connectivity index (χ3v) is 13.1. The third-order valence-electron chi connectivity index (χ3n) is 13.1. The third kappa shape index (κ3) is 3.23. The zero-order valence-electron chi connectivity index (χ0n) is 22.6. The Bertz CT molecular complexity index is 762. The smallest absolute Gasteiger partial charge is 0.0663 e. The summed E-state index contributed by atoms with van der Waals surface area (Å²) in [6.45, 7) is 17.8. The number of hydrogen-bond acceptors (Lipinski definition) is 3. The molecule has 1 aliphatic heterocycles. The molecule has 4 aliphatic carbocycles. The van der Waals surface area contributed by atoms with Crippen LogP contribution in [0.3, 0.4) is 0 Å². The highest BCUT2D eigenvalue weighted by atomic mass is 16.5. The summed E-state index contributed by atoms with van der Waals surface area (Å²) in [5, 5.41) is 22.0. The maximum Gasteiger partial charge on any atom is 0.0663 e. The van der Waals surface area contributed by atoms with E-state index in [-0.39, 0.29) is 29.0 Å². The number of aliphatic hydroxyl groups is 2. The van der Waals surface area contributed by atoms with Crippen molar-refractivity contribution in [1.29, 1.82) is 0 Å². The van der Waals surface area contributed by atoms with E-state index in [9.17, 15) is 10.2 Å². The van der Waals surface area contributed by atoms with Gasteiger partial charge in [-0.15, -0.1) is 0 Å². The molecule has 10 atom stereocenters. The second kappa shape index (κ2) is 7.69. The molecule has 3 nitrogen and oxygen atoms in total. The topological polar surface area (TPSA) is 49.7 Å². The van der Waals surface area contributed by atoms with Gasteiger partial charge in [0.2, 0.25) is 0 Å². The highest BCUT2D eigenvalue weighted by Gasteiger charge is 2.71. The Labute approximate surface area is 203 Å². The number of fused-ring (bicyclic) bond motifs is 3. The van der Waals surface area contributed by atoms with Gasteiger partial charge in [0.1, 0.15) is 0 Å². The van der Waals surface area contributed by atoms with E-state index < -0.39 is 0 Å². The van der Waals surface area contributed by atoms with Crippen molar-refractivity contribution in [3.05, 3.63) is 0 Å². The van der Waals surface area contributed by atoms with Gasteiger partial charge in [-0.05, 0) is 115 Å². The van der Waals surface area contributed by atoms with E-state index >= 15 is 0 Å². The van der Waals surface area contributed by atoms with Crippen molar-refractivity contribution in [3.63, 3.8) is 0 Å². The molecule has 0 radical (unpaired) electrons. The van der Waals surface area contributed by atoms with E-state index in [1.807, 2.05) is 0 Å². The maximum absolute atomic E-state index is 11.4. The molecule has 2 N–H and O–H groups in total. The van der Waals surface area contributed by atoms with Gasteiger partial charge in [-0.2, -0.15) is 0 Å². The summed E-state index contributed by atoms with van der Waals surface area (Å²) >= 11 is 0. The molecule has 1 heterocycles. The molecule has 0 aromatic rings. The SMILES string of the molecule is CC(C)C(O)CC[C@@]1(C)[C@H](O)CC[C@]2(C)[C@@H]1CC[C@@H]1[C@@H]3[C@H]4OC[C@@]3(CCC4(C)C)CC[C@]12C.